The van der Waals surface area contributed by atoms with E-state index in [1.807, 2.05) is 17.5 Å². The third-order valence-electron chi connectivity index (χ3n) is 5.72. The minimum Gasteiger partial charge on any atom is -0.503 e. The highest BCUT2D eigenvalue weighted by molar-refractivity contribution is 7.10. The second kappa shape index (κ2) is 7.04. The Morgan fingerprint density at radius 1 is 1.21 bits per heavy atom. The van der Waals surface area contributed by atoms with Gasteiger partial charge in [0.1, 0.15) is 11.6 Å². The number of fused-ring (bicyclic) bond motifs is 1. The van der Waals surface area contributed by atoms with Gasteiger partial charge in [-0.25, -0.2) is 0 Å². The Morgan fingerprint density at radius 2 is 2.00 bits per heavy atom. The highest BCUT2D eigenvalue weighted by Crippen LogP contribution is 2.44. The third kappa shape index (κ3) is 2.98. The van der Waals surface area contributed by atoms with E-state index >= 15 is 0 Å². The molecule has 1 fully saturated rings. The van der Waals surface area contributed by atoms with Crippen LogP contribution in [0.3, 0.4) is 0 Å². The summed E-state index contributed by atoms with van der Waals surface area (Å²) in [5.74, 6) is -1.33. The van der Waals surface area contributed by atoms with Crippen LogP contribution < -0.4 is 0 Å². The predicted octanol–water partition coefficient (Wildman–Crippen LogP) is 5.67. The highest BCUT2D eigenvalue weighted by atomic mass is 35.5. The molecule has 3 aromatic rings. The van der Waals surface area contributed by atoms with Gasteiger partial charge in [0.15, 0.2) is 11.5 Å². The van der Waals surface area contributed by atoms with Crippen LogP contribution in [0.1, 0.15) is 47.2 Å². The lowest BCUT2D eigenvalue weighted by molar-refractivity contribution is -0.131. The van der Waals surface area contributed by atoms with Gasteiger partial charge in [-0.3, -0.25) is 9.59 Å². The van der Waals surface area contributed by atoms with Crippen molar-refractivity contribution in [3.8, 4) is 0 Å². The molecule has 2 aromatic heterocycles. The van der Waals surface area contributed by atoms with E-state index in [0.717, 1.165) is 30.6 Å². The Hall–Kier alpha value is -2.57. The first-order valence-electron chi connectivity index (χ1n) is 9.57. The number of benzene rings is 1. The van der Waals surface area contributed by atoms with Crippen molar-refractivity contribution in [3.63, 3.8) is 0 Å². The van der Waals surface area contributed by atoms with Crippen molar-refractivity contribution >= 4 is 45.6 Å². The number of aliphatic hydroxyl groups excluding tert-OH is 1. The first kappa shape index (κ1) is 18.5. The Bertz CT molecular complexity index is 1140. The van der Waals surface area contributed by atoms with E-state index in [1.54, 1.807) is 29.2 Å². The molecule has 0 spiro atoms. The number of carbonyl (C=O) groups is 2. The fourth-order valence-electron chi connectivity index (χ4n) is 4.40. The number of rotatable bonds is 4. The molecule has 0 saturated heterocycles. The molecule has 1 aliphatic heterocycles. The van der Waals surface area contributed by atoms with Crippen LogP contribution in [0.4, 0.5) is 0 Å². The summed E-state index contributed by atoms with van der Waals surface area (Å²) in [6, 6.07) is 9.93. The zero-order chi connectivity index (χ0) is 20.1. The number of amides is 1. The Balaban J connectivity index is 1.60. The molecule has 1 aromatic carbocycles. The standard InChI is InChI=1S/C22H18ClNO4S/c23-13-7-8-15-12(10-13)11-16(28-15)20(25)18-19(17-6-3-9-29-17)24(22(27)21(18)26)14-4-1-2-5-14/h3,6-11,14,19,26H,1-2,4-5H2. The predicted molar refractivity (Wildman–Crippen MR) is 111 cm³/mol. The average Bonchev–Trinajstić information content (AvgIpc) is 3.48. The zero-order valence-corrected chi connectivity index (χ0v) is 17.0. The average molecular weight is 428 g/mol. The van der Waals surface area contributed by atoms with Crippen molar-refractivity contribution in [2.45, 2.75) is 37.8 Å². The molecular formula is C22H18ClNO4S. The normalized spacial score (nSPS) is 20.4. The van der Waals surface area contributed by atoms with Crippen molar-refractivity contribution in [2.75, 3.05) is 0 Å². The Morgan fingerprint density at radius 3 is 2.72 bits per heavy atom. The van der Waals surface area contributed by atoms with Crippen molar-refractivity contribution < 1.29 is 19.1 Å². The summed E-state index contributed by atoms with van der Waals surface area (Å²) >= 11 is 7.50. The summed E-state index contributed by atoms with van der Waals surface area (Å²) in [6.07, 6.45) is 3.84. The number of nitrogens with zero attached hydrogens (tertiary/aromatic N) is 1. The van der Waals surface area contributed by atoms with Gasteiger partial charge in [0.2, 0.25) is 5.78 Å². The summed E-state index contributed by atoms with van der Waals surface area (Å²) in [5.41, 5.74) is 0.622. The summed E-state index contributed by atoms with van der Waals surface area (Å²) in [5, 5.41) is 13.9. The molecule has 5 rings (SSSR count). The maximum Gasteiger partial charge on any atom is 0.290 e. The second-order valence-corrected chi connectivity index (χ2v) is 8.87. The third-order valence-corrected chi connectivity index (χ3v) is 6.88. The number of ketones is 1. The van der Waals surface area contributed by atoms with E-state index in [-0.39, 0.29) is 17.4 Å². The largest absolute Gasteiger partial charge is 0.503 e. The lowest BCUT2D eigenvalue weighted by Crippen LogP contribution is -2.38. The quantitative estimate of drug-likeness (QED) is 0.544. The molecule has 0 bridgehead atoms. The first-order chi connectivity index (χ1) is 14.0. The molecular weight excluding hydrogens is 410 g/mol. The van der Waals surface area contributed by atoms with Gasteiger partial charge in [-0.05, 0) is 48.6 Å². The zero-order valence-electron chi connectivity index (χ0n) is 15.4. The van der Waals surface area contributed by atoms with Gasteiger partial charge in [0.05, 0.1) is 5.57 Å². The van der Waals surface area contributed by atoms with E-state index in [9.17, 15) is 14.7 Å². The summed E-state index contributed by atoms with van der Waals surface area (Å²) in [6.45, 7) is 0. The Labute approximate surface area is 176 Å². The lowest BCUT2D eigenvalue weighted by atomic mass is 9.99. The number of hydrogen-bond donors (Lipinski definition) is 1. The molecule has 1 unspecified atom stereocenters. The van der Waals surface area contributed by atoms with E-state index in [1.165, 1.54) is 11.3 Å². The van der Waals surface area contributed by atoms with Gasteiger partial charge < -0.3 is 14.4 Å². The van der Waals surface area contributed by atoms with Crippen molar-refractivity contribution in [1.29, 1.82) is 0 Å². The highest BCUT2D eigenvalue weighted by Gasteiger charge is 2.48. The van der Waals surface area contributed by atoms with E-state index in [2.05, 4.69) is 0 Å². The number of aliphatic hydroxyl groups is 1. The van der Waals surface area contributed by atoms with Gasteiger partial charge in [-0.1, -0.05) is 30.5 Å². The maximum atomic E-state index is 13.4. The molecule has 0 radical (unpaired) electrons. The van der Waals surface area contributed by atoms with E-state index in [4.69, 9.17) is 16.0 Å². The van der Waals surface area contributed by atoms with Crippen LogP contribution >= 0.6 is 22.9 Å². The van der Waals surface area contributed by atoms with Gasteiger partial charge in [-0.2, -0.15) is 0 Å². The monoisotopic (exact) mass is 427 g/mol. The smallest absolute Gasteiger partial charge is 0.290 e. The molecule has 5 nitrogen and oxygen atoms in total. The van der Waals surface area contributed by atoms with E-state index < -0.39 is 23.5 Å². The van der Waals surface area contributed by atoms with Gasteiger partial charge in [-0.15, -0.1) is 11.3 Å². The van der Waals surface area contributed by atoms with Crippen LogP contribution in [0.2, 0.25) is 5.02 Å². The maximum absolute atomic E-state index is 13.4. The van der Waals surface area contributed by atoms with Crippen LogP contribution in [0.25, 0.3) is 11.0 Å². The van der Waals surface area contributed by atoms with Gasteiger partial charge in [0, 0.05) is 21.3 Å². The van der Waals surface area contributed by atoms with Crippen molar-refractivity contribution in [2.24, 2.45) is 0 Å². The van der Waals surface area contributed by atoms with Crippen LogP contribution in [0.5, 0.6) is 0 Å². The summed E-state index contributed by atoms with van der Waals surface area (Å²) in [4.78, 5) is 28.9. The van der Waals surface area contributed by atoms with Crippen LogP contribution in [-0.4, -0.2) is 27.7 Å². The number of furan rings is 1. The fourth-order valence-corrected chi connectivity index (χ4v) is 5.41. The molecule has 148 valence electrons. The molecule has 1 saturated carbocycles. The summed E-state index contributed by atoms with van der Waals surface area (Å²) < 4.78 is 5.73. The minimum absolute atomic E-state index is 0.0246. The SMILES string of the molecule is O=C(C1=C(O)C(=O)N(C2CCCC2)C1c1cccs1)c1cc2cc(Cl)ccc2o1. The minimum atomic E-state index is -0.588. The molecule has 1 amide bonds. The molecule has 1 N–H and O–H groups in total. The Kier molecular flexibility index (Phi) is 4.48. The molecule has 1 atom stereocenters. The van der Waals surface area contributed by atoms with Crippen molar-refractivity contribution in [3.05, 3.63) is 68.8 Å². The van der Waals surface area contributed by atoms with Crippen LogP contribution in [-0.2, 0) is 4.79 Å². The topological polar surface area (TPSA) is 70.8 Å². The fraction of sp³-hybridized carbons (Fsp3) is 0.273. The summed E-state index contributed by atoms with van der Waals surface area (Å²) in [7, 11) is 0. The molecule has 2 aliphatic rings. The number of hydrogen-bond acceptors (Lipinski definition) is 5. The van der Waals surface area contributed by atoms with Gasteiger partial charge in [0.25, 0.3) is 5.91 Å². The van der Waals surface area contributed by atoms with Crippen LogP contribution in [0, 0.1) is 0 Å². The number of carbonyl (C=O) groups excluding carboxylic acids is 2. The number of Topliss-reactive ketones (excluding diaryl/α,β-unsaturated/α-hetero) is 1. The van der Waals surface area contributed by atoms with Crippen LogP contribution in [0.15, 0.2) is 57.5 Å². The van der Waals surface area contributed by atoms with E-state index in [0.29, 0.717) is 16.0 Å². The van der Waals surface area contributed by atoms with Crippen molar-refractivity contribution in [1.82, 2.24) is 4.90 Å². The number of thiophene rings is 1. The number of halogens is 1. The molecule has 7 heteroatoms. The van der Waals surface area contributed by atoms with Gasteiger partial charge >= 0.3 is 0 Å². The second-order valence-electron chi connectivity index (χ2n) is 7.45. The first-order valence-corrected chi connectivity index (χ1v) is 10.8. The lowest BCUT2D eigenvalue weighted by Gasteiger charge is -2.31. The molecule has 3 heterocycles. The molecule has 29 heavy (non-hydrogen) atoms. The molecule has 1 aliphatic carbocycles.